The molecule has 9 nitrogen and oxygen atoms in total. The van der Waals surface area contributed by atoms with Crippen molar-refractivity contribution in [1.29, 1.82) is 0 Å². The second-order valence-electron chi connectivity index (χ2n) is 8.55. The Morgan fingerprint density at radius 3 is 2.59 bits per heavy atom. The van der Waals surface area contributed by atoms with Crippen molar-refractivity contribution in [2.75, 3.05) is 31.2 Å². The maximum absolute atomic E-state index is 13.7. The van der Waals surface area contributed by atoms with E-state index in [1.54, 1.807) is 42.5 Å². The summed E-state index contributed by atoms with van der Waals surface area (Å²) in [7, 11) is 0. The standard InChI is InChI=1S/C28H31N3O6/c1-2-35-22-12-6-11-21(17-22)31(25(32)19-30-27(33)24-14-8-16-37-24)26(20-9-4-3-5-10-20)28(34)29-18-23-13-7-15-36-23/h3-6,8-12,14,16-17,23,26H,2,7,13,15,18-19H2,1H3,(H,29,34)(H,30,33)/t23-,26+/m0/s1. The molecule has 0 bridgehead atoms. The number of ether oxygens (including phenoxy) is 2. The molecule has 0 aliphatic carbocycles. The molecule has 1 saturated heterocycles. The van der Waals surface area contributed by atoms with Crippen molar-refractivity contribution in [2.24, 2.45) is 0 Å². The summed E-state index contributed by atoms with van der Waals surface area (Å²) >= 11 is 0. The fourth-order valence-electron chi connectivity index (χ4n) is 4.23. The molecule has 0 spiro atoms. The minimum atomic E-state index is -0.993. The van der Waals surface area contributed by atoms with E-state index in [0.717, 1.165) is 12.8 Å². The molecule has 2 atom stereocenters. The fourth-order valence-corrected chi connectivity index (χ4v) is 4.23. The predicted molar refractivity (Wildman–Crippen MR) is 137 cm³/mol. The van der Waals surface area contributed by atoms with Crippen molar-refractivity contribution in [3.8, 4) is 5.75 Å². The Bertz CT molecular complexity index is 1180. The van der Waals surface area contributed by atoms with Crippen molar-refractivity contribution >= 4 is 23.4 Å². The van der Waals surface area contributed by atoms with Gasteiger partial charge >= 0.3 is 0 Å². The van der Waals surface area contributed by atoms with Crippen molar-refractivity contribution < 1.29 is 28.3 Å². The number of hydrogen-bond donors (Lipinski definition) is 2. The Labute approximate surface area is 215 Å². The Hall–Kier alpha value is -4.11. The van der Waals surface area contributed by atoms with Crippen molar-refractivity contribution in [3.05, 3.63) is 84.3 Å². The van der Waals surface area contributed by atoms with Gasteiger partial charge in [-0.25, -0.2) is 0 Å². The second kappa shape index (κ2) is 12.7. The van der Waals surface area contributed by atoms with E-state index in [-0.39, 0.29) is 24.3 Å². The smallest absolute Gasteiger partial charge is 0.287 e. The molecule has 0 radical (unpaired) electrons. The lowest BCUT2D eigenvalue weighted by atomic mass is 10.0. The van der Waals surface area contributed by atoms with E-state index in [4.69, 9.17) is 13.9 Å². The van der Waals surface area contributed by atoms with Crippen molar-refractivity contribution in [1.82, 2.24) is 10.6 Å². The molecule has 4 rings (SSSR count). The second-order valence-corrected chi connectivity index (χ2v) is 8.55. The van der Waals surface area contributed by atoms with Gasteiger partial charge < -0.3 is 24.5 Å². The average molecular weight is 506 g/mol. The van der Waals surface area contributed by atoms with Gasteiger partial charge in [0.1, 0.15) is 11.8 Å². The Balaban J connectivity index is 1.65. The first-order chi connectivity index (χ1) is 18.1. The molecule has 2 aromatic carbocycles. The highest BCUT2D eigenvalue weighted by atomic mass is 16.5. The van der Waals surface area contributed by atoms with Crippen LogP contribution in [0.15, 0.2) is 77.4 Å². The Kier molecular flexibility index (Phi) is 8.93. The van der Waals surface area contributed by atoms with E-state index in [1.807, 2.05) is 25.1 Å². The zero-order valence-electron chi connectivity index (χ0n) is 20.7. The number of amides is 3. The van der Waals surface area contributed by atoms with Gasteiger partial charge in [0, 0.05) is 24.9 Å². The van der Waals surface area contributed by atoms with E-state index in [9.17, 15) is 14.4 Å². The van der Waals surface area contributed by atoms with E-state index in [0.29, 0.717) is 36.8 Å². The van der Waals surface area contributed by atoms with Crippen molar-refractivity contribution in [3.63, 3.8) is 0 Å². The molecule has 1 fully saturated rings. The van der Waals surface area contributed by atoms with Gasteiger partial charge in [-0.15, -0.1) is 0 Å². The first kappa shape index (κ1) is 26.0. The first-order valence-electron chi connectivity index (χ1n) is 12.4. The molecule has 3 aromatic rings. The van der Waals surface area contributed by atoms with Gasteiger partial charge in [0.05, 0.1) is 25.5 Å². The summed E-state index contributed by atoms with van der Waals surface area (Å²) in [5.74, 6) is -0.708. The number of hydrogen-bond acceptors (Lipinski definition) is 6. The first-order valence-corrected chi connectivity index (χ1v) is 12.4. The van der Waals surface area contributed by atoms with Gasteiger partial charge in [0.15, 0.2) is 5.76 Å². The van der Waals surface area contributed by atoms with E-state index in [1.165, 1.54) is 17.2 Å². The normalized spacial score (nSPS) is 15.5. The van der Waals surface area contributed by atoms with Crippen LogP contribution in [0.2, 0.25) is 0 Å². The third kappa shape index (κ3) is 6.77. The molecule has 194 valence electrons. The number of rotatable bonds is 11. The maximum Gasteiger partial charge on any atom is 0.287 e. The van der Waals surface area contributed by atoms with Crippen LogP contribution in [0.3, 0.4) is 0 Å². The quantitative estimate of drug-likeness (QED) is 0.413. The van der Waals surface area contributed by atoms with E-state index < -0.39 is 17.9 Å². The summed E-state index contributed by atoms with van der Waals surface area (Å²) in [6, 6.07) is 18.1. The molecule has 1 aromatic heterocycles. The molecule has 2 N–H and O–H groups in total. The number of nitrogens with zero attached hydrogens (tertiary/aromatic N) is 1. The van der Waals surface area contributed by atoms with E-state index in [2.05, 4.69) is 10.6 Å². The number of anilines is 1. The van der Waals surface area contributed by atoms with Gasteiger partial charge in [0.2, 0.25) is 11.8 Å². The summed E-state index contributed by atoms with van der Waals surface area (Å²) in [6.45, 7) is 2.98. The third-order valence-corrected chi connectivity index (χ3v) is 5.97. The van der Waals surface area contributed by atoms with Crippen LogP contribution >= 0.6 is 0 Å². The molecular formula is C28H31N3O6. The van der Waals surface area contributed by atoms with Gasteiger partial charge in [-0.05, 0) is 49.6 Å². The van der Waals surface area contributed by atoms with Crippen LogP contribution in [0.5, 0.6) is 5.75 Å². The van der Waals surface area contributed by atoms with Gasteiger partial charge in [0.25, 0.3) is 5.91 Å². The topological polar surface area (TPSA) is 110 Å². The van der Waals surface area contributed by atoms with Gasteiger partial charge in [-0.1, -0.05) is 36.4 Å². The summed E-state index contributed by atoms with van der Waals surface area (Å²) in [4.78, 5) is 41.2. The largest absolute Gasteiger partial charge is 0.494 e. The number of carbonyl (C=O) groups is 3. The average Bonchev–Trinajstić information content (AvgIpc) is 3.64. The predicted octanol–water partition coefficient (Wildman–Crippen LogP) is 3.48. The molecular weight excluding hydrogens is 474 g/mol. The molecule has 0 saturated carbocycles. The lowest BCUT2D eigenvalue weighted by Crippen LogP contribution is -2.48. The van der Waals surface area contributed by atoms with Gasteiger partial charge in [-0.3, -0.25) is 19.3 Å². The zero-order chi connectivity index (χ0) is 26.0. The van der Waals surface area contributed by atoms with Crippen LogP contribution in [0.25, 0.3) is 0 Å². The number of nitrogens with one attached hydrogen (secondary N) is 2. The van der Waals surface area contributed by atoms with E-state index >= 15 is 0 Å². The number of carbonyl (C=O) groups excluding carboxylic acids is 3. The highest BCUT2D eigenvalue weighted by molar-refractivity contribution is 6.04. The highest BCUT2D eigenvalue weighted by Gasteiger charge is 2.33. The summed E-state index contributed by atoms with van der Waals surface area (Å²) in [5, 5.41) is 5.55. The molecule has 2 heterocycles. The van der Waals surface area contributed by atoms with Crippen LogP contribution in [0.4, 0.5) is 5.69 Å². The minimum Gasteiger partial charge on any atom is -0.494 e. The lowest BCUT2D eigenvalue weighted by molar-refractivity contribution is -0.126. The van der Waals surface area contributed by atoms with Crippen LogP contribution in [0, 0.1) is 0 Å². The SMILES string of the molecule is CCOc1cccc(N(C(=O)CNC(=O)c2ccco2)[C@@H](C(=O)NC[C@@H]2CCCO2)c2ccccc2)c1. The van der Waals surface area contributed by atoms with Crippen LogP contribution < -0.4 is 20.3 Å². The Morgan fingerprint density at radius 1 is 1.05 bits per heavy atom. The molecule has 3 amide bonds. The summed E-state index contributed by atoms with van der Waals surface area (Å²) < 4.78 is 16.4. The highest BCUT2D eigenvalue weighted by Crippen LogP contribution is 2.30. The Morgan fingerprint density at radius 2 is 1.89 bits per heavy atom. The number of benzene rings is 2. The monoisotopic (exact) mass is 505 g/mol. The van der Waals surface area contributed by atoms with Crippen LogP contribution in [-0.4, -0.2) is 50.1 Å². The van der Waals surface area contributed by atoms with Crippen LogP contribution in [-0.2, 0) is 14.3 Å². The minimum absolute atomic E-state index is 0.0570. The maximum atomic E-state index is 13.7. The summed E-state index contributed by atoms with van der Waals surface area (Å²) in [6.07, 6.45) is 3.14. The molecule has 37 heavy (non-hydrogen) atoms. The van der Waals surface area contributed by atoms with Crippen molar-refractivity contribution in [2.45, 2.75) is 31.9 Å². The molecule has 1 aliphatic heterocycles. The lowest BCUT2D eigenvalue weighted by Gasteiger charge is -2.32. The summed E-state index contributed by atoms with van der Waals surface area (Å²) in [5.41, 5.74) is 1.09. The number of furan rings is 1. The van der Waals surface area contributed by atoms with Crippen LogP contribution in [0.1, 0.15) is 41.9 Å². The van der Waals surface area contributed by atoms with Gasteiger partial charge in [-0.2, -0.15) is 0 Å². The molecule has 9 heteroatoms. The molecule has 0 unspecified atom stereocenters. The molecule has 1 aliphatic rings. The third-order valence-electron chi connectivity index (χ3n) is 5.97. The fraction of sp³-hybridized carbons (Fsp3) is 0.321. The zero-order valence-corrected chi connectivity index (χ0v) is 20.7.